The van der Waals surface area contributed by atoms with E-state index < -0.39 is 5.91 Å². The number of likely N-dealkylation sites (N-methyl/N-ethyl adjacent to an activating group) is 1. The summed E-state index contributed by atoms with van der Waals surface area (Å²) in [5.74, 6) is 1.78. The average Bonchev–Trinajstić information content (AvgIpc) is 3.45. The lowest BCUT2D eigenvalue weighted by molar-refractivity contribution is -0.132. The Kier molecular flexibility index (Phi) is 9.73. The van der Waals surface area contributed by atoms with E-state index in [0.717, 1.165) is 29.6 Å². The van der Waals surface area contributed by atoms with E-state index in [1.807, 2.05) is 13.2 Å². The van der Waals surface area contributed by atoms with Crippen LogP contribution in [0, 0.1) is 0 Å². The Morgan fingerprint density at radius 2 is 1.80 bits per heavy atom. The van der Waals surface area contributed by atoms with Gasteiger partial charge in [0.05, 0.1) is 26.7 Å². The molecule has 14 heteroatoms. The molecule has 0 saturated heterocycles. The molecule has 2 bridgehead atoms. The van der Waals surface area contributed by atoms with Crippen LogP contribution in [0.2, 0.25) is 0 Å². The number of hydrogen-bond acceptors (Lipinski definition) is 11. The van der Waals surface area contributed by atoms with Crippen molar-refractivity contribution in [1.29, 1.82) is 0 Å². The molecule has 1 aliphatic rings. The SMILES string of the molecule is COc1cc(NC(=O)COc2ccc3cc2OCC(=O)N(C)CCCN(C)Cc2c[nH]c4ncnc(c24)N3)cc(OC)c1OC. The van der Waals surface area contributed by atoms with Crippen molar-refractivity contribution < 1.29 is 33.3 Å². The number of aromatic amines is 1. The number of benzene rings is 2. The van der Waals surface area contributed by atoms with E-state index in [2.05, 4.69) is 30.5 Å². The molecule has 0 atom stereocenters. The molecule has 3 N–H and O–H groups in total. The summed E-state index contributed by atoms with van der Waals surface area (Å²) in [4.78, 5) is 41.7. The Morgan fingerprint density at radius 1 is 1.02 bits per heavy atom. The first kappa shape index (κ1) is 31.2. The monoisotopic (exact) mass is 619 g/mol. The number of hydrogen-bond donors (Lipinski definition) is 3. The van der Waals surface area contributed by atoms with E-state index in [0.29, 0.717) is 47.5 Å². The number of amides is 2. The van der Waals surface area contributed by atoms with Gasteiger partial charge in [0, 0.05) is 55.9 Å². The number of fused-ring (bicyclic) bond motifs is 2. The van der Waals surface area contributed by atoms with Crippen molar-refractivity contribution >= 4 is 40.0 Å². The van der Waals surface area contributed by atoms with Crippen LogP contribution in [0.15, 0.2) is 42.9 Å². The molecule has 3 heterocycles. The van der Waals surface area contributed by atoms with Crippen molar-refractivity contribution in [2.24, 2.45) is 0 Å². The number of aromatic nitrogens is 3. The second-order valence-electron chi connectivity index (χ2n) is 10.5. The van der Waals surface area contributed by atoms with Gasteiger partial charge in [-0.15, -0.1) is 0 Å². The van der Waals surface area contributed by atoms with Gasteiger partial charge in [-0.3, -0.25) is 9.59 Å². The Balaban J connectivity index is 1.39. The summed E-state index contributed by atoms with van der Waals surface area (Å²) in [7, 11) is 8.28. The third kappa shape index (κ3) is 7.29. The highest BCUT2D eigenvalue weighted by molar-refractivity contribution is 5.93. The summed E-state index contributed by atoms with van der Waals surface area (Å²) < 4.78 is 27.9. The second-order valence-corrected chi connectivity index (χ2v) is 10.5. The number of rotatable bonds is 7. The minimum absolute atomic E-state index is 0.181. The quantitative estimate of drug-likeness (QED) is 0.279. The topological polar surface area (TPSA) is 152 Å². The van der Waals surface area contributed by atoms with Crippen molar-refractivity contribution in [3.8, 4) is 28.7 Å². The van der Waals surface area contributed by atoms with Gasteiger partial charge in [-0.25, -0.2) is 9.97 Å². The zero-order valence-electron chi connectivity index (χ0n) is 25.9. The second kappa shape index (κ2) is 14.0. The minimum Gasteiger partial charge on any atom is -0.493 e. The van der Waals surface area contributed by atoms with Gasteiger partial charge in [0.25, 0.3) is 11.8 Å². The molecule has 1 aliphatic heterocycles. The zero-order valence-corrected chi connectivity index (χ0v) is 25.9. The van der Waals surface area contributed by atoms with Gasteiger partial charge in [0.15, 0.2) is 36.2 Å². The molecular formula is C31H37N7O7. The normalized spacial score (nSPS) is 14.3. The molecule has 0 unspecified atom stereocenters. The molecule has 14 nitrogen and oxygen atoms in total. The largest absolute Gasteiger partial charge is 0.493 e. The van der Waals surface area contributed by atoms with Crippen LogP contribution in [0.3, 0.4) is 0 Å². The molecule has 0 fully saturated rings. The van der Waals surface area contributed by atoms with Gasteiger partial charge in [-0.05, 0) is 37.7 Å². The number of H-pyrrole nitrogens is 1. The first-order valence-electron chi connectivity index (χ1n) is 14.3. The number of methoxy groups -OCH3 is 3. The highest BCUT2D eigenvalue weighted by Crippen LogP contribution is 2.40. The summed E-state index contributed by atoms with van der Waals surface area (Å²) in [6, 6.07) is 8.40. The van der Waals surface area contributed by atoms with Crippen molar-refractivity contribution in [3.05, 3.63) is 48.4 Å². The fraction of sp³-hybridized carbons (Fsp3) is 0.355. The first-order valence-corrected chi connectivity index (χ1v) is 14.3. The first-order chi connectivity index (χ1) is 21.8. The fourth-order valence-electron chi connectivity index (χ4n) is 5.02. The van der Waals surface area contributed by atoms with Gasteiger partial charge >= 0.3 is 0 Å². The van der Waals surface area contributed by atoms with Crippen LogP contribution in [0.1, 0.15) is 12.0 Å². The number of carbonyl (C=O) groups excluding carboxylic acids is 2. The van der Waals surface area contributed by atoms with Crippen LogP contribution in [-0.4, -0.2) is 98.3 Å². The lowest BCUT2D eigenvalue weighted by atomic mass is 10.2. The lowest BCUT2D eigenvalue weighted by Crippen LogP contribution is -2.34. The Hall–Kier alpha value is -5.24. The van der Waals surface area contributed by atoms with Crippen LogP contribution >= 0.6 is 0 Å². The molecule has 5 rings (SSSR count). The van der Waals surface area contributed by atoms with Crippen LogP contribution in [0.5, 0.6) is 28.7 Å². The standard InChI is InChI=1S/C31H37N7O7/c1-37-9-6-10-38(2)27(40)17-45-23-11-20(36-31-28-19(15-37)14-32-30(28)33-18-34-31)7-8-22(23)44-16-26(39)35-21-12-24(41-3)29(43-5)25(13-21)42-4/h7-8,11-14,18H,6,9-10,15-17H2,1-5H3,(H,35,39)(H2,32,33,34,36). The van der Waals surface area contributed by atoms with Crippen LogP contribution in [-0.2, 0) is 16.1 Å². The van der Waals surface area contributed by atoms with Gasteiger partial charge < -0.3 is 49.1 Å². The average molecular weight is 620 g/mol. The van der Waals surface area contributed by atoms with Crippen LogP contribution in [0.4, 0.5) is 17.2 Å². The molecule has 4 aromatic rings. The molecule has 0 spiro atoms. The molecule has 2 aromatic heterocycles. The zero-order chi connectivity index (χ0) is 31.9. The summed E-state index contributed by atoms with van der Waals surface area (Å²) in [5, 5.41) is 7.01. The molecule has 0 aliphatic carbocycles. The maximum atomic E-state index is 12.9. The van der Waals surface area contributed by atoms with Gasteiger partial charge in [-0.1, -0.05) is 0 Å². The molecule has 0 saturated carbocycles. The Labute approximate surface area is 260 Å². The third-order valence-corrected chi connectivity index (χ3v) is 7.32. The molecule has 0 radical (unpaired) electrons. The van der Waals surface area contributed by atoms with Gasteiger partial charge in [-0.2, -0.15) is 0 Å². The maximum absolute atomic E-state index is 12.9. The molecular weight excluding hydrogens is 582 g/mol. The summed E-state index contributed by atoms with van der Waals surface area (Å²) in [6.07, 6.45) is 4.21. The van der Waals surface area contributed by atoms with E-state index in [1.165, 1.54) is 27.7 Å². The number of nitrogens with one attached hydrogen (secondary N) is 3. The van der Waals surface area contributed by atoms with Crippen molar-refractivity contribution in [2.75, 3.05) is 72.4 Å². The van der Waals surface area contributed by atoms with Crippen molar-refractivity contribution in [3.63, 3.8) is 0 Å². The molecule has 45 heavy (non-hydrogen) atoms. The number of anilines is 3. The highest BCUT2D eigenvalue weighted by Gasteiger charge is 2.19. The van der Waals surface area contributed by atoms with E-state index in [4.69, 9.17) is 23.7 Å². The molecule has 238 valence electrons. The van der Waals surface area contributed by atoms with E-state index >= 15 is 0 Å². The number of carbonyl (C=O) groups is 2. The predicted octanol–water partition coefficient (Wildman–Crippen LogP) is 3.42. The van der Waals surface area contributed by atoms with Crippen LogP contribution < -0.4 is 34.3 Å². The smallest absolute Gasteiger partial charge is 0.262 e. The minimum atomic E-state index is -0.434. The van der Waals surface area contributed by atoms with Crippen LogP contribution in [0.25, 0.3) is 11.0 Å². The number of ether oxygens (including phenoxy) is 5. The number of nitrogens with zero attached hydrogens (tertiary/aromatic N) is 4. The molecule has 2 amide bonds. The van der Waals surface area contributed by atoms with Crippen molar-refractivity contribution in [1.82, 2.24) is 24.8 Å². The van der Waals surface area contributed by atoms with E-state index in [-0.39, 0.29) is 30.6 Å². The van der Waals surface area contributed by atoms with Crippen molar-refractivity contribution in [2.45, 2.75) is 13.0 Å². The Morgan fingerprint density at radius 3 is 2.53 bits per heavy atom. The van der Waals surface area contributed by atoms with E-state index in [9.17, 15) is 9.59 Å². The van der Waals surface area contributed by atoms with Gasteiger partial charge in [0.2, 0.25) is 5.75 Å². The summed E-state index contributed by atoms with van der Waals surface area (Å²) in [6.45, 7) is 1.50. The lowest BCUT2D eigenvalue weighted by Gasteiger charge is -2.22. The fourth-order valence-corrected chi connectivity index (χ4v) is 5.02. The highest BCUT2D eigenvalue weighted by atomic mass is 16.5. The predicted molar refractivity (Wildman–Crippen MR) is 168 cm³/mol. The Bertz CT molecular complexity index is 1650. The third-order valence-electron chi connectivity index (χ3n) is 7.32. The summed E-state index contributed by atoms with van der Waals surface area (Å²) in [5.41, 5.74) is 2.84. The maximum Gasteiger partial charge on any atom is 0.262 e. The molecule has 2 aromatic carbocycles. The van der Waals surface area contributed by atoms with E-state index in [1.54, 1.807) is 42.3 Å². The summed E-state index contributed by atoms with van der Waals surface area (Å²) >= 11 is 0. The van der Waals surface area contributed by atoms with Gasteiger partial charge in [0.1, 0.15) is 17.8 Å².